The molecule has 25 heavy (non-hydrogen) atoms. The summed E-state index contributed by atoms with van der Waals surface area (Å²) < 4.78 is 5.97. The molecule has 0 saturated carbocycles. The van der Waals surface area contributed by atoms with Crippen LogP contribution in [0, 0.1) is 0 Å². The predicted molar refractivity (Wildman–Crippen MR) is 92.7 cm³/mol. The van der Waals surface area contributed by atoms with Gasteiger partial charge in [-0.25, -0.2) is 9.78 Å². The molecule has 0 aliphatic rings. The SMILES string of the molecule is CCOC(=O)c1cnc2nc(NCc3ccc(CC)cc3)[nH]n2c1=O. The van der Waals surface area contributed by atoms with Crippen molar-refractivity contribution in [1.29, 1.82) is 0 Å². The van der Waals surface area contributed by atoms with Crippen molar-refractivity contribution in [3.05, 3.63) is 57.5 Å². The smallest absolute Gasteiger partial charge is 0.345 e. The Balaban J connectivity index is 1.79. The number of hydrogen-bond donors (Lipinski definition) is 2. The fourth-order valence-electron chi connectivity index (χ4n) is 2.36. The van der Waals surface area contributed by atoms with Gasteiger partial charge in [0.05, 0.1) is 12.8 Å². The number of carbonyl (C=O) groups excluding carboxylic acids is 1. The lowest BCUT2D eigenvalue weighted by molar-refractivity contribution is 0.0523. The molecule has 2 N–H and O–H groups in total. The fraction of sp³-hybridized carbons (Fsp3) is 0.294. The number of esters is 1. The van der Waals surface area contributed by atoms with Crippen LogP contribution in [0.5, 0.6) is 0 Å². The molecule has 0 atom stereocenters. The van der Waals surface area contributed by atoms with Crippen LogP contribution in [-0.4, -0.2) is 32.2 Å². The van der Waals surface area contributed by atoms with E-state index in [0.717, 1.165) is 16.5 Å². The molecule has 1 aromatic carbocycles. The zero-order chi connectivity index (χ0) is 17.8. The molecule has 0 radical (unpaired) electrons. The van der Waals surface area contributed by atoms with Crippen LogP contribution in [0.2, 0.25) is 0 Å². The summed E-state index contributed by atoms with van der Waals surface area (Å²) in [5.41, 5.74) is 1.68. The van der Waals surface area contributed by atoms with Crippen molar-refractivity contribution in [1.82, 2.24) is 19.6 Å². The first-order valence-corrected chi connectivity index (χ1v) is 8.09. The Labute approximate surface area is 143 Å². The summed E-state index contributed by atoms with van der Waals surface area (Å²) in [6, 6.07) is 8.23. The summed E-state index contributed by atoms with van der Waals surface area (Å²) in [7, 11) is 0. The van der Waals surface area contributed by atoms with Crippen LogP contribution in [0.4, 0.5) is 5.95 Å². The molecule has 0 spiro atoms. The molecule has 0 fully saturated rings. The number of aromatic nitrogens is 4. The minimum absolute atomic E-state index is 0.135. The molecule has 2 aromatic heterocycles. The number of nitrogens with zero attached hydrogens (tertiary/aromatic N) is 3. The third kappa shape index (κ3) is 3.52. The molecule has 8 heteroatoms. The topological polar surface area (TPSA) is 101 Å². The summed E-state index contributed by atoms with van der Waals surface area (Å²) in [5.74, 6) is -0.124. The Morgan fingerprint density at radius 3 is 2.64 bits per heavy atom. The summed E-state index contributed by atoms with van der Waals surface area (Å²) in [6.07, 6.45) is 2.18. The molecule has 0 aliphatic carbocycles. The zero-order valence-corrected chi connectivity index (χ0v) is 14.1. The first-order chi connectivity index (χ1) is 12.1. The molecule has 3 rings (SSSR count). The first-order valence-electron chi connectivity index (χ1n) is 8.09. The van der Waals surface area contributed by atoms with E-state index in [2.05, 4.69) is 39.4 Å². The Morgan fingerprint density at radius 1 is 1.24 bits per heavy atom. The minimum atomic E-state index is -0.700. The van der Waals surface area contributed by atoms with Crippen LogP contribution in [0.1, 0.15) is 35.3 Å². The Kier molecular flexibility index (Phi) is 4.78. The van der Waals surface area contributed by atoms with E-state index < -0.39 is 11.5 Å². The van der Waals surface area contributed by atoms with Gasteiger partial charge in [0.25, 0.3) is 11.3 Å². The van der Waals surface area contributed by atoms with Crippen molar-refractivity contribution in [2.75, 3.05) is 11.9 Å². The van der Waals surface area contributed by atoms with Gasteiger partial charge >= 0.3 is 5.97 Å². The number of anilines is 1. The summed E-state index contributed by atoms with van der Waals surface area (Å²) >= 11 is 0. The number of carbonyl (C=O) groups is 1. The summed E-state index contributed by atoms with van der Waals surface area (Å²) in [6.45, 7) is 4.51. The normalized spacial score (nSPS) is 10.8. The van der Waals surface area contributed by atoms with Gasteiger partial charge in [-0.1, -0.05) is 31.2 Å². The zero-order valence-electron chi connectivity index (χ0n) is 14.1. The van der Waals surface area contributed by atoms with Crippen molar-refractivity contribution >= 4 is 17.7 Å². The van der Waals surface area contributed by atoms with Crippen molar-refractivity contribution < 1.29 is 9.53 Å². The maximum atomic E-state index is 12.3. The van der Waals surface area contributed by atoms with Gasteiger partial charge in [0.1, 0.15) is 5.56 Å². The summed E-state index contributed by atoms with van der Waals surface area (Å²) in [5, 5.41) is 5.91. The maximum Gasteiger partial charge on any atom is 0.345 e. The van der Waals surface area contributed by atoms with Crippen LogP contribution < -0.4 is 10.9 Å². The fourth-order valence-corrected chi connectivity index (χ4v) is 2.36. The number of hydrogen-bond acceptors (Lipinski definition) is 6. The van der Waals surface area contributed by atoms with Crippen LogP contribution in [0.3, 0.4) is 0 Å². The van der Waals surface area contributed by atoms with Gasteiger partial charge < -0.3 is 10.1 Å². The molecule has 2 heterocycles. The lowest BCUT2D eigenvalue weighted by Crippen LogP contribution is -2.24. The molecule has 8 nitrogen and oxygen atoms in total. The summed E-state index contributed by atoms with van der Waals surface area (Å²) in [4.78, 5) is 32.3. The van der Waals surface area contributed by atoms with Crippen LogP contribution in [0.25, 0.3) is 5.78 Å². The van der Waals surface area contributed by atoms with Crippen LogP contribution >= 0.6 is 0 Å². The number of fused-ring (bicyclic) bond motifs is 1. The second-order valence-electron chi connectivity index (χ2n) is 5.43. The van der Waals surface area contributed by atoms with Crippen LogP contribution in [-0.2, 0) is 17.7 Å². The number of H-pyrrole nitrogens is 1. The van der Waals surface area contributed by atoms with Gasteiger partial charge in [-0.15, -0.1) is 0 Å². The van der Waals surface area contributed by atoms with Gasteiger partial charge in [0, 0.05) is 6.54 Å². The third-order valence-electron chi connectivity index (χ3n) is 3.76. The Bertz CT molecular complexity index is 943. The van der Waals surface area contributed by atoms with Gasteiger partial charge in [0.2, 0.25) is 5.95 Å². The molecule has 0 amide bonds. The quantitative estimate of drug-likeness (QED) is 0.663. The van der Waals surface area contributed by atoms with Gasteiger partial charge in [-0.3, -0.25) is 9.89 Å². The number of benzene rings is 1. The first kappa shape index (κ1) is 16.7. The average Bonchev–Trinajstić information content (AvgIpc) is 3.05. The number of rotatable bonds is 6. The van der Waals surface area contributed by atoms with E-state index in [1.54, 1.807) is 6.92 Å². The van der Waals surface area contributed by atoms with Crippen molar-refractivity contribution in [3.63, 3.8) is 0 Å². The number of ether oxygens (including phenoxy) is 1. The molecular weight excluding hydrogens is 322 g/mol. The molecule has 130 valence electrons. The predicted octanol–water partition coefficient (Wildman–Crippen LogP) is 1.77. The number of aromatic amines is 1. The average molecular weight is 341 g/mol. The number of aryl methyl sites for hydroxylation is 1. The largest absolute Gasteiger partial charge is 0.462 e. The van der Waals surface area contributed by atoms with E-state index in [-0.39, 0.29) is 17.9 Å². The second kappa shape index (κ2) is 7.16. The lowest BCUT2D eigenvalue weighted by atomic mass is 10.1. The van der Waals surface area contributed by atoms with E-state index in [4.69, 9.17) is 4.74 Å². The van der Waals surface area contributed by atoms with Gasteiger partial charge in [-0.05, 0) is 24.5 Å². The van der Waals surface area contributed by atoms with E-state index in [1.807, 2.05) is 12.1 Å². The molecule has 0 saturated heterocycles. The standard InChI is InChI=1S/C17H19N5O3/c1-3-11-5-7-12(8-6-11)9-18-16-20-17-19-10-13(15(24)25-4-2)14(23)22(17)21-16/h5-8,10H,3-4,9H2,1-2H3,(H2,18,19,20,21). The molecule has 3 aromatic rings. The highest BCUT2D eigenvalue weighted by Crippen LogP contribution is 2.08. The highest BCUT2D eigenvalue weighted by atomic mass is 16.5. The Morgan fingerprint density at radius 2 is 1.96 bits per heavy atom. The highest BCUT2D eigenvalue weighted by molar-refractivity contribution is 5.88. The number of nitrogens with one attached hydrogen (secondary N) is 2. The monoisotopic (exact) mass is 341 g/mol. The van der Waals surface area contributed by atoms with Crippen molar-refractivity contribution in [2.45, 2.75) is 26.8 Å². The Hall–Kier alpha value is -3.16. The van der Waals surface area contributed by atoms with Crippen molar-refractivity contribution in [2.24, 2.45) is 0 Å². The van der Waals surface area contributed by atoms with E-state index in [1.165, 1.54) is 11.8 Å². The third-order valence-corrected chi connectivity index (χ3v) is 3.76. The van der Waals surface area contributed by atoms with E-state index in [9.17, 15) is 9.59 Å². The minimum Gasteiger partial charge on any atom is -0.462 e. The second-order valence-corrected chi connectivity index (χ2v) is 5.43. The van der Waals surface area contributed by atoms with Crippen LogP contribution in [0.15, 0.2) is 35.3 Å². The molecule has 0 bridgehead atoms. The highest BCUT2D eigenvalue weighted by Gasteiger charge is 2.16. The molecular formula is C17H19N5O3. The van der Waals surface area contributed by atoms with E-state index >= 15 is 0 Å². The lowest BCUT2D eigenvalue weighted by Gasteiger charge is -2.03. The molecule has 0 aliphatic heterocycles. The van der Waals surface area contributed by atoms with E-state index in [0.29, 0.717) is 12.5 Å². The maximum absolute atomic E-state index is 12.3. The van der Waals surface area contributed by atoms with Gasteiger partial charge in [-0.2, -0.15) is 9.50 Å². The molecule has 0 unspecified atom stereocenters. The van der Waals surface area contributed by atoms with Crippen molar-refractivity contribution in [3.8, 4) is 0 Å². The van der Waals surface area contributed by atoms with Gasteiger partial charge in [0.15, 0.2) is 0 Å².